The molecule has 21 heavy (non-hydrogen) atoms. The Balaban J connectivity index is 2.28. The van der Waals surface area contributed by atoms with Crippen molar-refractivity contribution in [3.05, 3.63) is 35.7 Å². The summed E-state index contributed by atoms with van der Waals surface area (Å²) in [7, 11) is -0.551. The van der Waals surface area contributed by atoms with Gasteiger partial charge in [-0.15, -0.1) is 0 Å². The van der Waals surface area contributed by atoms with Crippen molar-refractivity contribution in [3.63, 3.8) is 0 Å². The number of nitrogen functional groups attached to an aromatic ring is 1. The number of aromatic nitrogens is 2. The van der Waals surface area contributed by atoms with Gasteiger partial charge in [0.2, 0.25) is 10.0 Å². The van der Waals surface area contributed by atoms with E-state index in [0.717, 1.165) is 5.56 Å². The first kappa shape index (κ1) is 15.3. The molecule has 0 bridgehead atoms. The lowest BCUT2D eigenvalue weighted by Gasteiger charge is -2.12. The smallest absolute Gasteiger partial charge is 0.244 e. The van der Waals surface area contributed by atoms with Gasteiger partial charge in [0.1, 0.15) is 10.6 Å². The second-order valence-corrected chi connectivity index (χ2v) is 6.40. The van der Waals surface area contributed by atoms with Gasteiger partial charge < -0.3 is 10.5 Å². The summed E-state index contributed by atoms with van der Waals surface area (Å²) in [4.78, 5) is 0.0176. The first-order chi connectivity index (χ1) is 9.83. The van der Waals surface area contributed by atoms with Crippen LogP contribution in [0, 0.1) is 6.92 Å². The average Bonchev–Trinajstić information content (AvgIpc) is 2.85. The van der Waals surface area contributed by atoms with E-state index < -0.39 is 10.0 Å². The Hall–Kier alpha value is -2.06. The minimum atomic E-state index is -3.74. The predicted octanol–water partition coefficient (Wildman–Crippen LogP) is 0.798. The van der Waals surface area contributed by atoms with Crippen LogP contribution in [-0.4, -0.2) is 25.3 Å². The Bertz CT molecular complexity index is 753. The number of nitrogens with zero attached hydrogens (tertiary/aromatic N) is 2. The molecule has 0 aliphatic carbocycles. The van der Waals surface area contributed by atoms with E-state index in [-0.39, 0.29) is 17.2 Å². The highest BCUT2D eigenvalue weighted by atomic mass is 32.2. The fourth-order valence-electron chi connectivity index (χ4n) is 1.85. The zero-order chi connectivity index (χ0) is 15.6. The highest BCUT2D eigenvalue weighted by molar-refractivity contribution is 7.89. The summed E-state index contributed by atoms with van der Waals surface area (Å²) in [6.07, 6.45) is 1.74. The minimum absolute atomic E-state index is 0.0176. The fraction of sp³-hybridized carbons (Fsp3) is 0.308. The van der Waals surface area contributed by atoms with Crippen LogP contribution >= 0.6 is 0 Å². The van der Waals surface area contributed by atoms with E-state index in [4.69, 9.17) is 10.5 Å². The molecule has 0 amide bonds. The van der Waals surface area contributed by atoms with Gasteiger partial charge in [-0.25, -0.2) is 13.1 Å². The Kier molecular flexibility index (Phi) is 4.19. The Morgan fingerprint density at radius 2 is 2.14 bits per heavy atom. The van der Waals surface area contributed by atoms with Crippen LogP contribution in [0.2, 0.25) is 0 Å². The maximum absolute atomic E-state index is 12.4. The molecule has 0 saturated heterocycles. The number of hydrogen-bond donors (Lipinski definition) is 2. The number of aryl methyl sites for hydroxylation is 2. The van der Waals surface area contributed by atoms with Crippen molar-refractivity contribution in [3.8, 4) is 5.75 Å². The Morgan fingerprint density at radius 1 is 1.43 bits per heavy atom. The van der Waals surface area contributed by atoms with Gasteiger partial charge in [0.25, 0.3) is 0 Å². The summed E-state index contributed by atoms with van der Waals surface area (Å²) in [6, 6.07) is 4.74. The largest absolute Gasteiger partial charge is 0.495 e. The maximum Gasteiger partial charge on any atom is 0.244 e. The van der Waals surface area contributed by atoms with Crippen LogP contribution in [0.25, 0.3) is 0 Å². The van der Waals surface area contributed by atoms with Crippen molar-refractivity contribution in [1.29, 1.82) is 0 Å². The number of anilines is 1. The second-order valence-electron chi connectivity index (χ2n) is 4.66. The molecule has 3 N–H and O–H groups in total. The molecule has 8 heteroatoms. The number of nitrogens with two attached hydrogens (primary N) is 1. The van der Waals surface area contributed by atoms with E-state index in [1.54, 1.807) is 37.0 Å². The second kappa shape index (κ2) is 5.74. The van der Waals surface area contributed by atoms with Crippen molar-refractivity contribution in [1.82, 2.24) is 14.5 Å². The van der Waals surface area contributed by atoms with Crippen molar-refractivity contribution in [2.45, 2.75) is 18.4 Å². The average molecular weight is 310 g/mol. The van der Waals surface area contributed by atoms with Crippen LogP contribution in [0.1, 0.15) is 11.3 Å². The Labute approximate surface area is 123 Å². The summed E-state index contributed by atoms with van der Waals surface area (Å²) < 4.78 is 34.0. The van der Waals surface area contributed by atoms with Gasteiger partial charge in [-0.3, -0.25) is 4.68 Å². The number of benzene rings is 1. The molecule has 0 aliphatic heterocycles. The molecular formula is C13H18N4O3S. The van der Waals surface area contributed by atoms with Crippen LogP contribution in [0.4, 0.5) is 5.69 Å². The van der Waals surface area contributed by atoms with Gasteiger partial charge in [-0.2, -0.15) is 5.10 Å². The Morgan fingerprint density at radius 3 is 2.71 bits per heavy atom. The van der Waals surface area contributed by atoms with E-state index in [0.29, 0.717) is 11.4 Å². The number of ether oxygens (including phenoxy) is 1. The highest BCUT2D eigenvalue weighted by Gasteiger charge is 2.21. The summed E-state index contributed by atoms with van der Waals surface area (Å²) in [5.41, 5.74) is 7.57. The molecule has 0 spiro atoms. The van der Waals surface area contributed by atoms with Crippen LogP contribution < -0.4 is 15.2 Å². The number of nitrogens with one attached hydrogen (secondary N) is 1. The summed E-state index contributed by atoms with van der Waals surface area (Å²) >= 11 is 0. The van der Waals surface area contributed by atoms with E-state index in [1.165, 1.54) is 13.2 Å². The SMILES string of the molecule is COc1cc(C)c(N)cc1S(=O)(=O)NCc1ccn(C)n1. The molecule has 0 aliphatic rings. The zero-order valence-corrected chi connectivity index (χ0v) is 12.9. The topological polar surface area (TPSA) is 99.2 Å². The van der Waals surface area contributed by atoms with Crippen LogP contribution in [0.15, 0.2) is 29.3 Å². The first-order valence-corrected chi connectivity index (χ1v) is 7.74. The molecule has 114 valence electrons. The predicted molar refractivity (Wildman–Crippen MR) is 79.4 cm³/mol. The normalized spacial score (nSPS) is 11.6. The van der Waals surface area contributed by atoms with Gasteiger partial charge in [0.15, 0.2) is 0 Å². The molecular weight excluding hydrogens is 292 g/mol. The van der Waals surface area contributed by atoms with Crippen molar-refractivity contribution >= 4 is 15.7 Å². The molecule has 1 heterocycles. The standard InChI is InChI=1S/C13H18N4O3S/c1-9-6-12(20-3)13(7-11(9)14)21(18,19)15-8-10-4-5-17(2)16-10/h4-7,15H,8,14H2,1-3H3. The van der Waals surface area contributed by atoms with Crippen molar-refractivity contribution in [2.75, 3.05) is 12.8 Å². The van der Waals surface area contributed by atoms with Crippen LogP contribution in [0.3, 0.4) is 0 Å². The van der Waals surface area contributed by atoms with Crippen molar-refractivity contribution in [2.24, 2.45) is 7.05 Å². The molecule has 0 radical (unpaired) electrons. The molecule has 2 aromatic rings. The summed E-state index contributed by atoms with van der Waals surface area (Å²) in [5, 5.41) is 4.12. The third-order valence-electron chi connectivity index (χ3n) is 3.05. The summed E-state index contributed by atoms with van der Waals surface area (Å²) in [5.74, 6) is 0.259. The zero-order valence-electron chi connectivity index (χ0n) is 12.1. The molecule has 0 atom stereocenters. The van der Waals surface area contributed by atoms with Crippen LogP contribution in [-0.2, 0) is 23.6 Å². The van der Waals surface area contributed by atoms with Gasteiger partial charge in [-0.1, -0.05) is 0 Å². The van der Waals surface area contributed by atoms with Gasteiger partial charge in [0.05, 0.1) is 19.3 Å². The molecule has 0 unspecified atom stereocenters. The molecule has 1 aromatic heterocycles. The highest BCUT2D eigenvalue weighted by Crippen LogP contribution is 2.28. The van der Waals surface area contributed by atoms with Gasteiger partial charge >= 0.3 is 0 Å². The molecule has 1 aromatic carbocycles. The number of rotatable bonds is 5. The van der Waals surface area contributed by atoms with E-state index in [1.807, 2.05) is 0 Å². The molecule has 0 fully saturated rings. The lowest BCUT2D eigenvalue weighted by Crippen LogP contribution is -2.24. The minimum Gasteiger partial charge on any atom is -0.495 e. The monoisotopic (exact) mass is 310 g/mol. The van der Waals surface area contributed by atoms with Crippen molar-refractivity contribution < 1.29 is 13.2 Å². The quantitative estimate of drug-likeness (QED) is 0.796. The van der Waals surface area contributed by atoms with E-state index in [2.05, 4.69) is 9.82 Å². The number of sulfonamides is 1. The molecule has 7 nitrogen and oxygen atoms in total. The first-order valence-electron chi connectivity index (χ1n) is 6.26. The number of methoxy groups -OCH3 is 1. The number of hydrogen-bond acceptors (Lipinski definition) is 5. The molecule has 0 saturated carbocycles. The van der Waals surface area contributed by atoms with E-state index in [9.17, 15) is 8.42 Å². The molecule has 2 rings (SSSR count). The lowest BCUT2D eigenvalue weighted by atomic mass is 10.2. The van der Waals surface area contributed by atoms with Gasteiger partial charge in [0, 0.05) is 18.9 Å². The lowest BCUT2D eigenvalue weighted by molar-refractivity contribution is 0.402. The van der Waals surface area contributed by atoms with Crippen LogP contribution in [0.5, 0.6) is 5.75 Å². The summed E-state index contributed by atoms with van der Waals surface area (Å²) in [6.45, 7) is 1.88. The fourth-order valence-corrected chi connectivity index (χ4v) is 3.03. The van der Waals surface area contributed by atoms with E-state index >= 15 is 0 Å². The third-order valence-corrected chi connectivity index (χ3v) is 4.48. The maximum atomic E-state index is 12.4. The third kappa shape index (κ3) is 3.34. The van der Waals surface area contributed by atoms with Gasteiger partial charge in [-0.05, 0) is 30.7 Å².